The largest absolute Gasteiger partial charge is 0.377 e. The number of carbonyl (C=O) groups excluding carboxylic acids is 1. The van der Waals surface area contributed by atoms with Gasteiger partial charge in [-0.1, -0.05) is 35.5 Å². The van der Waals surface area contributed by atoms with Crippen LogP contribution in [0.2, 0.25) is 0 Å². The minimum Gasteiger partial charge on any atom is -0.377 e. The summed E-state index contributed by atoms with van der Waals surface area (Å²) in [6.07, 6.45) is 2.84. The highest BCUT2D eigenvalue weighted by Gasteiger charge is 2.50. The second kappa shape index (κ2) is 7.40. The highest BCUT2D eigenvalue weighted by Crippen LogP contribution is 2.44. The lowest BCUT2D eigenvalue weighted by molar-refractivity contribution is -0.131. The zero-order valence-electron chi connectivity index (χ0n) is 15.9. The van der Waals surface area contributed by atoms with Crippen LogP contribution in [0.3, 0.4) is 0 Å². The van der Waals surface area contributed by atoms with Crippen LogP contribution in [0.1, 0.15) is 42.5 Å². The van der Waals surface area contributed by atoms with Crippen LogP contribution in [0.5, 0.6) is 0 Å². The summed E-state index contributed by atoms with van der Waals surface area (Å²) in [7, 11) is 3.58. The fraction of sp³-hybridized carbons (Fsp3) is 0.550. The van der Waals surface area contributed by atoms with E-state index in [0.29, 0.717) is 24.9 Å². The number of likely N-dealkylation sites (tertiary alicyclic amines) is 2. The molecule has 2 saturated heterocycles. The molecule has 1 aromatic carbocycles. The predicted molar refractivity (Wildman–Crippen MR) is 98.8 cm³/mol. The number of rotatable bonds is 5. The Bertz CT molecular complexity index is 784. The van der Waals surface area contributed by atoms with Gasteiger partial charge in [-0.2, -0.15) is 4.98 Å². The predicted octanol–water partition coefficient (Wildman–Crippen LogP) is 2.20. The Labute approximate surface area is 159 Å². The van der Waals surface area contributed by atoms with Crippen molar-refractivity contribution in [1.29, 1.82) is 0 Å². The lowest BCUT2D eigenvalue weighted by Gasteiger charge is -2.43. The third-order valence-electron chi connectivity index (χ3n) is 6.06. The van der Waals surface area contributed by atoms with Gasteiger partial charge in [0.05, 0.1) is 12.5 Å². The number of benzene rings is 1. The van der Waals surface area contributed by atoms with Gasteiger partial charge in [-0.05, 0) is 24.8 Å². The number of hydrogen-bond donors (Lipinski definition) is 0. The average molecular weight is 370 g/mol. The second-order valence-electron chi connectivity index (χ2n) is 7.60. The van der Waals surface area contributed by atoms with E-state index in [1.807, 2.05) is 30.1 Å². The van der Waals surface area contributed by atoms with Crippen molar-refractivity contribution in [2.75, 3.05) is 27.2 Å². The van der Waals surface area contributed by atoms with E-state index >= 15 is 0 Å². The van der Waals surface area contributed by atoms with E-state index in [1.165, 1.54) is 0 Å². The van der Waals surface area contributed by atoms with Crippen molar-refractivity contribution in [2.45, 2.75) is 43.9 Å². The van der Waals surface area contributed by atoms with Crippen LogP contribution in [0, 0.1) is 0 Å². The van der Waals surface area contributed by atoms with Crippen LogP contribution in [0.25, 0.3) is 0 Å². The topological polar surface area (TPSA) is 71.7 Å². The van der Waals surface area contributed by atoms with Crippen LogP contribution in [0.4, 0.5) is 0 Å². The second-order valence-corrected chi connectivity index (χ2v) is 7.60. The van der Waals surface area contributed by atoms with Crippen molar-refractivity contribution < 1.29 is 14.1 Å². The van der Waals surface area contributed by atoms with E-state index in [0.717, 1.165) is 37.9 Å². The van der Waals surface area contributed by atoms with Gasteiger partial charge in [-0.25, -0.2) is 0 Å². The molecule has 0 bridgehead atoms. The number of aromatic nitrogens is 2. The van der Waals surface area contributed by atoms with E-state index in [1.54, 1.807) is 7.11 Å². The molecule has 27 heavy (non-hydrogen) atoms. The average Bonchev–Trinajstić information content (AvgIpc) is 3.23. The lowest BCUT2D eigenvalue weighted by atomic mass is 9.81. The first-order valence-corrected chi connectivity index (χ1v) is 9.47. The highest BCUT2D eigenvalue weighted by atomic mass is 16.5. The first kappa shape index (κ1) is 18.1. The lowest BCUT2D eigenvalue weighted by Crippen LogP contribution is -2.51. The summed E-state index contributed by atoms with van der Waals surface area (Å²) >= 11 is 0. The van der Waals surface area contributed by atoms with Crippen LogP contribution >= 0.6 is 0 Å². The maximum atomic E-state index is 12.9. The molecule has 0 saturated carbocycles. The van der Waals surface area contributed by atoms with Crippen molar-refractivity contribution in [2.24, 2.45) is 0 Å². The van der Waals surface area contributed by atoms with Gasteiger partial charge in [0.25, 0.3) is 0 Å². The number of methoxy groups -OCH3 is 1. The molecule has 2 aliphatic heterocycles. The van der Waals surface area contributed by atoms with Crippen molar-refractivity contribution in [3.05, 3.63) is 47.6 Å². The molecule has 2 aromatic rings. The zero-order chi connectivity index (χ0) is 18.9. The molecule has 1 aromatic heterocycles. The fourth-order valence-electron chi connectivity index (χ4n) is 4.42. The molecule has 7 heteroatoms. The van der Waals surface area contributed by atoms with Gasteiger partial charge in [-0.15, -0.1) is 0 Å². The van der Waals surface area contributed by atoms with Crippen LogP contribution < -0.4 is 0 Å². The first-order valence-electron chi connectivity index (χ1n) is 9.47. The van der Waals surface area contributed by atoms with Gasteiger partial charge < -0.3 is 14.2 Å². The highest BCUT2D eigenvalue weighted by molar-refractivity contribution is 5.87. The molecule has 4 rings (SSSR count). The Morgan fingerprint density at radius 3 is 2.70 bits per heavy atom. The molecule has 2 fully saturated rings. The maximum Gasteiger partial charge on any atom is 0.240 e. The summed E-state index contributed by atoms with van der Waals surface area (Å²) in [6.45, 7) is 2.84. The SMILES string of the molecule is COCc1noc(CN2CCC3(CC2)C[C@H](c2ccccc2)C(=O)N3C)n1. The Morgan fingerprint density at radius 2 is 2.00 bits per heavy atom. The van der Waals surface area contributed by atoms with Crippen molar-refractivity contribution >= 4 is 5.91 Å². The molecule has 1 spiro atoms. The minimum absolute atomic E-state index is 0.0182. The molecule has 0 aliphatic carbocycles. The fourth-order valence-corrected chi connectivity index (χ4v) is 4.42. The third-order valence-corrected chi connectivity index (χ3v) is 6.06. The Kier molecular flexibility index (Phi) is 4.97. The zero-order valence-corrected chi connectivity index (χ0v) is 15.9. The molecule has 1 atom stereocenters. The standard InChI is InChI=1S/C20H26N4O3/c1-23-19(25)16(15-6-4-3-5-7-15)12-20(23)8-10-24(11-9-20)13-18-21-17(14-26-2)22-27-18/h3-7,16H,8-14H2,1-2H3/t16-/m1/s1. The smallest absolute Gasteiger partial charge is 0.240 e. The van der Waals surface area contributed by atoms with Gasteiger partial charge in [0.2, 0.25) is 11.8 Å². The molecule has 0 radical (unpaired) electrons. The summed E-state index contributed by atoms with van der Waals surface area (Å²) in [5.41, 5.74) is 1.09. The van der Waals surface area contributed by atoms with Gasteiger partial charge in [-0.3, -0.25) is 9.69 Å². The Hall–Kier alpha value is -2.25. The van der Waals surface area contributed by atoms with Crippen molar-refractivity contribution in [1.82, 2.24) is 19.9 Å². The molecule has 144 valence electrons. The molecular formula is C20H26N4O3. The number of amides is 1. The van der Waals surface area contributed by atoms with Crippen molar-refractivity contribution in [3.63, 3.8) is 0 Å². The Balaban J connectivity index is 1.39. The van der Waals surface area contributed by atoms with E-state index in [4.69, 9.17) is 9.26 Å². The monoisotopic (exact) mass is 370 g/mol. The number of piperidine rings is 1. The number of nitrogens with zero attached hydrogens (tertiary/aromatic N) is 4. The van der Waals surface area contributed by atoms with Gasteiger partial charge in [0.1, 0.15) is 6.61 Å². The number of carbonyl (C=O) groups is 1. The van der Waals surface area contributed by atoms with Gasteiger partial charge in [0, 0.05) is 32.8 Å². The molecular weight excluding hydrogens is 344 g/mol. The first-order chi connectivity index (χ1) is 13.1. The molecule has 2 aliphatic rings. The summed E-state index contributed by atoms with van der Waals surface area (Å²) in [6, 6.07) is 10.2. The number of ether oxygens (including phenoxy) is 1. The number of likely N-dealkylation sites (N-methyl/N-ethyl adjacent to an activating group) is 1. The molecule has 7 nitrogen and oxygen atoms in total. The minimum atomic E-state index is -0.0376. The van der Waals surface area contributed by atoms with Crippen LogP contribution in [-0.2, 0) is 22.7 Å². The Morgan fingerprint density at radius 1 is 1.26 bits per heavy atom. The van der Waals surface area contributed by atoms with Crippen molar-refractivity contribution in [3.8, 4) is 0 Å². The maximum absolute atomic E-state index is 12.9. The summed E-state index contributed by atoms with van der Waals surface area (Å²) in [4.78, 5) is 21.6. The van der Waals surface area contributed by atoms with Gasteiger partial charge in [0.15, 0.2) is 5.82 Å². The van der Waals surface area contributed by atoms with E-state index < -0.39 is 0 Å². The van der Waals surface area contributed by atoms with E-state index in [9.17, 15) is 4.79 Å². The molecule has 1 amide bonds. The molecule has 3 heterocycles. The van der Waals surface area contributed by atoms with Crippen LogP contribution in [0.15, 0.2) is 34.9 Å². The van der Waals surface area contributed by atoms with E-state index in [2.05, 4.69) is 27.2 Å². The summed E-state index contributed by atoms with van der Waals surface area (Å²) in [5, 5.41) is 3.92. The molecule has 0 unspecified atom stereocenters. The summed E-state index contributed by atoms with van der Waals surface area (Å²) in [5.74, 6) is 1.43. The third kappa shape index (κ3) is 3.49. The van der Waals surface area contributed by atoms with E-state index in [-0.39, 0.29) is 17.4 Å². The van der Waals surface area contributed by atoms with Crippen LogP contribution in [-0.4, -0.2) is 58.6 Å². The summed E-state index contributed by atoms with van der Waals surface area (Å²) < 4.78 is 10.3. The normalized spacial score (nSPS) is 22.7. The van der Waals surface area contributed by atoms with Gasteiger partial charge >= 0.3 is 0 Å². The number of hydrogen-bond acceptors (Lipinski definition) is 6. The quantitative estimate of drug-likeness (QED) is 0.803. The molecule has 0 N–H and O–H groups in total.